The summed E-state index contributed by atoms with van der Waals surface area (Å²) in [6.45, 7) is 7.16. The summed E-state index contributed by atoms with van der Waals surface area (Å²) in [5.74, 6) is 1.26. The first-order chi connectivity index (χ1) is 11.0. The summed E-state index contributed by atoms with van der Waals surface area (Å²) in [6.07, 6.45) is 0.671. The average molecular weight is 320 g/mol. The van der Waals surface area contributed by atoms with Crippen LogP contribution >= 0.6 is 0 Å². The van der Waals surface area contributed by atoms with Crippen LogP contribution in [0.1, 0.15) is 25.8 Å². The Labute approximate surface area is 138 Å². The Morgan fingerprint density at radius 3 is 2.70 bits per heavy atom. The largest absolute Gasteiger partial charge is 0.494 e. The fourth-order valence-corrected chi connectivity index (χ4v) is 2.93. The maximum absolute atomic E-state index is 12.3. The Kier molecular flexibility index (Phi) is 6.42. The third-order valence-electron chi connectivity index (χ3n) is 4.43. The van der Waals surface area contributed by atoms with Gasteiger partial charge in [0, 0.05) is 20.1 Å². The molecular formula is C18H28N2O3. The topological polar surface area (TPSA) is 53.0 Å². The molecule has 1 aliphatic heterocycles. The lowest BCUT2D eigenvalue weighted by molar-refractivity contribution is -0.131. The quantitative estimate of drug-likeness (QED) is 0.831. The Hall–Kier alpha value is -1.59. The van der Waals surface area contributed by atoms with E-state index in [0.717, 1.165) is 30.8 Å². The molecule has 0 saturated carbocycles. The van der Waals surface area contributed by atoms with Gasteiger partial charge in [-0.3, -0.25) is 9.69 Å². The SMILES string of the molecule is CCOc1ccc(CN(C)C(=O)CN2CCC(C(C)O)C2)cc1. The number of hydrogen-bond donors (Lipinski definition) is 1. The normalized spacial score (nSPS) is 19.6. The van der Waals surface area contributed by atoms with Crippen molar-refractivity contribution in [2.75, 3.05) is 33.3 Å². The first-order valence-corrected chi connectivity index (χ1v) is 8.35. The van der Waals surface area contributed by atoms with Gasteiger partial charge in [-0.05, 0) is 50.4 Å². The molecule has 1 heterocycles. The van der Waals surface area contributed by atoms with Crippen molar-refractivity contribution in [3.8, 4) is 5.75 Å². The molecule has 1 saturated heterocycles. The lowest BCUT2D eigenvalue weighted by Gasteiger charge is -2.22. The molecule has 1 aromatic rings. The number of aliphatic hydroxyl groups excluding tert-OH is 1. The van der Waals surface area contributed by atoms with Crippen LogP contribution in [0.2, 0.25) is 0 Å². The minimum atomic E-state index is -0.295. The number of nitrogens with zero attached hydrogens (tertiary/aromatic N) is 2. The summed E-state index contributed by atoms with van der Waals surface area (Å²) in [5, 5.41) is 9.64. The van der Waals surface area contributed by atoms with Crippen molar-refractivity contribution >= 4 is 5.91 Å². The van der Waals surface area contributed by atoms with Crippen LogP contribution in [-0.2, 0) is 11.3 Å². The summed E-state index contributed by atoms with van der Waals surface area (Å²) in [5.41, 5.74) is 1.09. The zero-order valence-corrected chi connectivity index (χ0v) is 14.4. The Morgan fingerprint density at radius 2 is 2.13 bits per heavy atom. The summed E-state index contributed by atoms with van der Waals surface area (Å²) in [7, 11) is 1.83. The molecule has 1 aliphatic rings. The van der Waals surface area contributed by atoms with E-state index in [0.29, 0.717) is 25.6 Å². The first-order valence-electron chi connectivity index (χ1n) is 8.35. The van der Waals surface area contributed by atoms with Crippen molar-refractivity contribution in [1.82, 2.24) is 9.80 Å². The standard InChI is InChI=1S/C18H28N2O3/c1-4-23-17-7-5-15(6-8-17)11-19(3)18(22)13-20-10-9-16(12-20)14(2)21/h5-8,14,16,21H,4,9-13H2,1-3H3. The van der Waals surface area contributed by atoms with E-state index < -0.39 is 0 Å². The van der Waals surface area contributed by atoms with Crippen LogP contribution in [0, 0.1) is 5.92 Å². The fourth-order valence-electron chi connectivity index (χ4n) is 2.93. The summed E-state index contributed by atoms with van der Waals surface area (Å²) < 4.78 is 5.42. The van der Waals surface area contributed by atoms with E-state index in [1.807, 2.05) is 45.2 Å². The second-order valence-electron chi connectivity index (χ2n) is 6.35. The number of aliphatic hydroxyl groups is 1. The molecule has 1 fully saturated rings. The van der Waals surface area contributed by atoms with Crippen LogP contribution in [0.3, 0.4) is 0 Å². The van der Waals surface area contributed by atoms with Crippen LogP contribution in [0.4, 0.5) is 0 Å². The van der Waals surface area contributed by atoms with Gasteiger partial charge in [-0.2, -0.15) is 0 Å². The molecule has 1 N–H and O–H groups in total. The number of hydrogen-bond acceptors (Lipinski definition) is 4. The molecule has 5 heteroatoms. The van der Waals surface area contributed by atoms with E-state index in [1.54, 1.807) is 4.90 Å². The molecule has 0 aromatic heterocycles. The number of carbonyl (C=O) groups excluding carboxylic acids is 1. The number of benzene rings is 1. The van der Waals surface area contributed by atoms with Crippen molar-refractivity contribution in [3.63, 3.8) is 0 Å². The molecule has 0 aliphatic carbocycles. The van der Waals surface area contributed by atoms with E-state index >= 15 is 0 Å². The lowest BCUT2D eigenvalue weighted by atomic mass is 10.0. The van der Waals surface area contributed by atoms with E-state index in [-0.39, 0.29) is 12.0 Å². The molecule has 128 valence electrons. The number of ether oxygens (including phenoxy) is 1. The van der Waals surface area contributed by atoms with E-state index in [4.69, 9.17) is 4.74 Å². The zero-order valence-electron chi connectivity index (χ0n) is 14.4. The van der Waals surface area contributed by atoms with Gasteiger partial charge in [0.15, 0.2) is 0 Å². The van der Waals surface area contributed by atoms with Crippen LogP contribution in [0.15, 0.2) is 24.3 Å². The van der Waals surface area contributed by atoms with Gasteiger partial charge in [0.1, 0.15) is 5.75 Å². The number of likely N-dealkylation sites (N-methyl/N-ethyl adjacent to an activating group) is 1. The third kappa shape index (κ3) is 5.22. The van der Waals surface area contributed by atoms with Gasteiger partial charge in [-0.15, -0.1) is 0 Å². The Bertz CT molecular complexity index is 501. The number of carbonyl (C=O) groups is 1. The van der Waals surface area contributed by atoms with Crippen molar-refractivity contribution in [3.05, 3.63) is 29.8 Å². The van der Waals surface area contributed by atoms with Crippen LogP contribution in [-0.4, -0.2) is 60.2 Å². The summed E-state index contributed by atoms with van der Waals surface area (Å²) >= 11 is 0. The molecule has 5 nitrogen and oxygen atoms in total. The lowest BCUT2D eigenvalue weighted by Crippen LogP contribution is -2.37. The number of amides is 1. The predicted molar refractivity (Wildman–Crippen MR) is 90.3 cm³/mol. The maximum atomic E-state index is 12.3. The Morgan fingerprint density at radius 1 is 1.43 bits per heavy atom. The Balaban J connectivity index is 1.81. The summed E-state index contributed by atoms with van der Waals surface area (Å²) in [6, 6.07) is 7.86. The van der Waals surface area contributed by atoms with Gasteiger partial charge in [-0.25, -0.2) is 0 Å². The minimum absolute atomic E-state index is 0.116. The highest BCUT2D eigenvalue weighted by Crippen LogP contribution is 2.19. The second-order valence-corrected chi connectivity index (χ2v) is 6.35. The number of likely N-dealkylation sites (tertiary alicyclic amines) is 1. The first kappa shape index (κ1) is 17.8. The minimum Gasteiger partial charge on any atom is -0.494 e. The highest BCUT2D eigenvalue weighted by atomic mass is 16.5. The van der Waals surface area contributed by atoms with Gasteiger partial charge in [0.2, 0.25) is 5.91 Å². The van der Waals surface area contributed by atoms with E-state index in [1.165, 1.54) is 0 Å². The van der Waals surface area contributed by atoms with Gasteiger partial charge in [0.25, 0.3) is 0 Å². The molecule has 2 rings (SSSR count). The predicted octanol–water partition coefficient (Wildman–Crippen LogP) is 1.75. The van der Waals surface area contributed by atoms with Gasteiger partial charge in [-0.1, -0.05) is 12.1 Å². The van der Waals surface area contributed by atoms with Crippen LogP contribution in [0.25, 0.3) is 0 Å². The molecule has 23 heavy (non-hydrogen) atoms. The van der Waals surface area contributed by atoms with Gasteiger partial charge >= 0.3 is 0 Å². The highest BCUT2D eigenvalue weighted by molar-refractivity contribution is 5.78. The molecule has 1 aromatic carbocycles. The van der Waals surface area contributed by atoms with Crippen molar-refractivity contribution in [2.45, 2.75) is 32.9 Å². The maximum Gasteiger partial charge on any atom is 0.236 e. The smallest absolute Gasteiger partial charge is 0.236 e. The monoisotopic (exact) mass is 320 g/mol. The summed E-state index contributed by atoms with van der Waals surface area (Å²) in [4.78, 5) is 16.2. The fraction of sp³-hybridized carbons (Fsp3) is 0.611. The highest BCUT2D eigenvalue weighted by Gasteiger charge is 2.27. The van der Waals surface area contributed by atoms with Gasteiger partial charge < -0.3 is 14.7 Å². The average Bonchev–Trinajstić information content (AvgIpc) is 2.98. The molecule has 0 spiro atoms. The van der Waals surface area contributed by atoms with E-state index in [2.05, 4.69) is 4.90 Å². The zero-order chi connectivity index (χ0) is 16.8. The van der Waals surface area contributed by atoms with Crippen molar-refractivity contribution in [1.29, 1.82) is 0 Å². The van der Waals surface area contributed by atoms with Crippen LogP contribution < -0.4 is 4.74 Å². The van der Waals surface area contributed by atoms with E-state index in [9.17, 15) is 9.90 Å². The molecule has 2 unspecified atom stereocenters. The van der Waals surface area contributed by atoms with Crippen molar-refractivity contribution in [2.24, 2.45) is 5.92 Å². The second kappa shape index (κ2) is 8.31. The molecule has 2 atom stereocenters. The van der Waals surface area contributed by atoms with Gasteiger partial charge in [0.05, 0.1) is 19.3 Å². The molecule has 0 bridgehead atoms. The molecule has 1 amide bonds. The molecule has 0 radical (unpaired) electrons. The third-order valence-corrected chi connectivity index (χ3v) is 4.43. The molecular weight excluding hydrogens is 292 g/mol. The van der Waals surface area contributed by atoms with Crippen molar-refractivity contribution < 1.29 is 14.6 Å². The van der Waals surface area contributed by atoms with Crippen LogP contribution in [0.5, 0.6) is 5.75 Å². The number of rotatable bonds is 7.